The summed E-state index contributed by atoms with van der Waals surface area (Å²) in [4.78, 5) is 16.0. The maximum absolute atomic E-state index is 12.8. The van der Waals surface area contributed by atoms with Crippen LogP contribution in [0.15, 0.2) is 24.3 Å². The number of halogens is 3. The quantitative estimate of drug-likeness (QED) is 0.833. The van der Waals surface area contributed by atoms with Crippen LogP contribution in [0, 0.1) is 5.92 Å². The van der Waals surface area contributed by atoms with E-state index in [0.29, 0.717) is 25.9 Å². The van der Waals surface area contributed by atoms with E-state index in [9.17, 15) is 18.0 Å². The van der Waals surface area contributed by atoms with Crippen molar-refractivity contribution < 1.29 is 18.0 Å². The Balaban J connectivity index is 1.71. The fourth-order valence-electron chi connectivity index (χ4n) is 3.64. The highest BCUT2D eigenvalue weighted by Gasteiger charge is 2.36. The third-order valence-electron chi connectivity index (χ3n) is 4.63. The predicted molar refractivity (Wildman–Crippen MR) is 82.3 cm³/mol. The molecule has 0 N–H and O–H groups in total. The van der Waals surface area contributed by atoms with Crippen LogP contribution in [-0.4, -0.2) is 43.2 Å². The molecule has 0 spiro atoms. The first-order valence-corrected chi connectivity index (χ1v) is 8.12. The molecule has 23 heavy (non-hydrogen) atoms. The third kappa shape index (κ3) is 3.86. The first kappa shape index (κ1) is 16.3. The standard InChI is InChI=1S/C17H21F3N2O/c18-17(19,20)12-21-9-3-7-14(11-21)16(23)22-10-4-6-13-5-1-2-8-15(13)22/h1-2,5,8,14H,3-4,6-7,9-12H2. The molecule has 0 aliphatic carbocycles. The van der Waals surface area contributed by atoms with Crippen molar-refractivity contribution in [2.75, 3.05) is 31.1 Å². The molecule has 0 aromatic heterocycles. The van der Waals surface area contributed by atoms with E-state index in [0.717, 1.165) is 24.1 Å². The molecule has 1 amide bonds. The Labute approximate surface area is 134 Å². The highest BCUT2D eigenvalue weighted by molar-refractivity contribution is 5.96. The van der Waals surface area contributed by atoms with E-state index >= 15 is 0 Å². The van der Waals surface area contributed by atoms with E-state index in [4.69, 9.17) is 0 Å². The number of anilines is 1. The molecule has 1 fully saturated rings. The number of benzene rings is 1. The van der Waals surface area contributed by atoms with Gasteiger partial charge in [-0.15, -0.1) is 0 Å². The van der Waals surface area contributed by atoms with Crippen molar-refractivity contribution >= 4 is 11.6 Å². The number of alkyl halides is 3. The minimum absolute atomic E-state index is 0.0241. The first-order valence-electron chi connectivity index (χ1n) is 8.12. The lowest BCUT2D eigenvalue weighted by Crippen LogP contribution is -2.48. The fourth-order valence-corrected chi connectivity index (χ4v) is 3.64. The second-order valence-electron chi connectivity index (χ2n) is 6.41. The number of hydrogen-bond donors (Lipinski definition) is 0. The Bertz CT molecular complexity index is 573. The van der Waals surface area contributed by atoms with E-state index < -0.39 is 12.7 Å². The zero-order valence-electron chi connectivity index (χ0n) is 13.0. The average molecular weight is 326 g/mol. The summed E-state index contributed by atoms with van der Waals surface area (Å²) < 4.78 is 37.7. The Hall–Kier alpha value is -1.56. The zero-order chi connectivity index (χ0) is 16.4. The summed E-state index contributed by atoms with van der Waals surface area (Å²) >= 11 is 0. The molecule has 1 aromatic carbocycles. The van der Waals surface area contributed by atoms with Crippen molar-refractivity contribution in [1.29, 1.82) is 0 Å². The fraction of sp³-hybridized carbons (Fsp3) is 0.588. The van der Waals surface area contributed by atoms with E-state index in [1.165, 1.54) is 4.90 Å². The molecule has 1 saturated heterocycles. The summed E-state index contributed by atoms with van der Waals surface area (Å²) in [5, 5.41) is 0. The Kier molecular flexibility index (Phi) is 4.62. The lowest BCUT2D eigenvalue weighted by atomic mass is 9.94. The second-order valence-corrected chi connectivity index (χ2v) is 6.41. The van der Waals surface area contributed by atoms with E-state index in [2.05, 4.69) is 0 Å². The largest absolute Gasteiger partial charge is 0.401 e. The normalized spacial score (nSPS) is 22.7. The number of nitrogens with zero attached hydrogens (tertiary/aromatic N) is 2. The first-order chi connectivity index (χ1) is 10.9. The lowest BCUT2D eigenvalue weighted by Gasteiger charge is -2.37. The molecule has 0 bridgehead atoms. The molecule has 3 rings (SSSR count). The number of carbonyl (C=O) groups excluding carboxylic acids is 1. The highest BCUT2D eigenvalue weighted by atomic mass is 19.4. The van der Waals surface area contributed by atoms with Gasteiger partial charge in [-0.05, 0) is 43.9 Å². The molecule has 0 saturated carbocycles. The second kappa shape index (κ2) is 6.51. The SMILES string of the molecule is O=C(C1CCCN(CC(F)(F)F)C1)N1CCCc2ccccc21. The smallest absolute Gasteiger partial charge is 0.312 e. The highest BCUT2D eigenvalue weighted by Crippen LogP contribution is 2.30. The maximum Gasteiger partial charge on any atom is 0.401 e. The van der Waals surface area contributed by atoms with Gasteiger partial charge < -0.3 is 4.90 Å². The predicted octanol–water partition coefficient (Wildman–Crippen LogP) is 3.24. The van der Waals surface area contributed by atoms with Crippen LogP contribution in [0.1, 0.15) is 24.8 Å². The van der Waals surface area contributed by atoms with Crippen LogP contribution >= 0.6 is 0 Å². The van der Waals surface area contributed by atoms with Gasteiger partial charge in [-0.3, -0.25) is 9.69 Å². The van der Waals surface area contributed by atoms with Crippen LogP contribution in [-0.2, 0) is 11.2 Å². The maximum atomic E-state index is 12.8. The van der Waals surface area contributed by atoms with Crippen molar-refractivity contribution in [1.82, 2.24) is 4.90 Å². The summed E-state index contributed by atoms with van der Waals surface area (Å²) in [5.74, 6) is -0.360. The molecule has 1 unspecified atom stereocenters. The number of fused-ring (bicyclic) bond motifs is 1. The van der Waals surface area contributed by atoms with Crippen LogP contribution in [0.2, 0.25) is 0 Å². The van der Waals surface area contributed by atoms with Gasteiger partial charge in [0.25, 0.3) is 0 Å². The van der Waals surface area contributed by atoms with Gasteiger partial charge in [0, 0.05) is 18.8 Å². The summed E-state index contributed by atoms with van der Waals surface area (Å²) in [7, 11) is 0. The van der Waals surface area contributed by atoms with Crippen LogP contribution in [0.25, 0.3) is 0 Å². The van der Waals surface area contributed by atoms with Crippen LogP contribution in [0.3, 0.4) is 0 Å². The number of carbonyl (C=O) groups is 1. The third-order valence-corrected chi connectivity index (χ3v) is 4.63. The molecule has 3 nitrogen and oxygen atoms in total. The molecule has 2 aliphatic rings. The molecular weight excluding hydrogens is 305 g/mol. The Morgan fingerprint density at radius 3 is 2.74 bits per heavy atom. The van der Waals surface area contributed by atoms with Gasteiger partial charge >= 0.3 is 6.18 Å². The van der Waals surface area contributed by atoms with Gasteiger partial charge in [-0.2, -0.15) is 13.2 Å². The number of amides is 1. The number of rotatable bonds is 2. The minimum Gasteiger partial charge on any atom is -0.312 e. The van der Waals surface area contributed by atoms with Gasteiger partial charge in [0.05, 0.1) is 12.5 Å². The van der Waals surface area contributed by atoms with E-state index in [1.807, 2.05) is 24.3 Å². The summed E-state index contributed by atoms with van der Waals surface area (Å²) in [6.07, 6.45) is -1.04. The Morgan fingerprint density at radius 2 is 1.96 bits per heavy atom. The van der Waals surface area contributed by atoms with Crippen LogP contribution in [0.4, 0.5) is 18.9 Å². The van der Waals surface area contributed by atoms with Gasteiger partial charge in [-0.25, -0.2) is 0 Å². The molecule has 1 aromatic rings. The van der Waals surface area contributed by atoms with Crippen molar-refractivity contribution in [3.8, 4) is 0 Å². The monoisotopic (exact) mass is 326 g/mol. The van der Waals surface area contributed by atoms with Crippen molar-refractivity contribution in [3.63, 3.8) is 0 Å². The minimum atomic E-state index is -4.21. The van der Waals surface area contributed by atoms with Gasteiger partial charge in [-0.1, -0.05) is 18.2 Å². The molecule has 1 atom stereocenters. The number of likely N-dealkylation sites (tertiary alicyclic amines) is 1. The van der Waals surface area contributed by atoms with Crippen molar-refractivity contribution in [2.45, 2.75) is 31.9 Å². The van der Waals surface area contributed by atoms with Crippen LogP contribution < -0.4 is 4.90 Å². The van der Waals surface area contributed by atoms with E-state index in [-0.39, 0.29) is 18.4 Å². The van der Waals surface area contributed by atoms with Crippen LogP contribution in [0.5, 0.6) is 0 Å². The molecule has 0 radical (unpaired) electrons. The molecule has 2 aliphatic heterocycles. The van der Waals surface area contributed by atoms with Gasteiger partial charge in [0.15, 0.2) is 0 Å². The summed E-state index contributed by atoms with van der Waals surface area (Å²) in [5.41, 5.74) is 2.08. The molecule has 2 heterocycles. The summed E-state index contributed by atoms with van der Waals surface area (Å²) in [6, 6.07) is 7.81. The zero-order valence-corrected chi connectivity index (χ0v) is 13.0. The number of aryl methyl sites for hydroxylation is 1. The lowest BCUT2D eigenvalue weighted by molar-refractivity contribution is -0.151. The Morgan fingerprint density at radius 1 is 1.17 bits per heavy atom. The van der Waals surface area contributed by atoms with Gasteiger partial charge in [0.1, 0.15) is 0 Å². The summed E-state index contributed by atoms with van der Waals surface area (Å²) in [6.45, 7) is 0.357. The molecular formula is C17H21F3N2O. The topological polar surface area (TPSA) is 23.6 Å². The number of piperidine rings is 1. The number of hydrogen-bond acceptors (Lipinski definition) is 2. The molecule has 126 valence electrons. The van der Waals surface area contributed by atoms with Crippen molar-refractivity contribution in [3.05, 3.63) is 29.8 Å². The number of para-hydroxylation sites is 1. The van der Waals surface area contributed by atoms with Gasteiger partial charge in [0.2, 0.25) is 5.91 Å². The average Bonchev–Trinajstić information content (AvgIpc) is 2.52. The van der Waals surface area contributed by atoms with Crippen molar-refractivity contribution in [2.24, 2.45) is 5.92 Å². The molecule has 6 heteroatoms. The van der Waals surface area contributed by atoms with E-state index in [1.54, 1.807) is 4.90 Å².